The molecule has 4 rings (SSSR count). The van der Waals surface area contributed by atoms with Gasteiger partial charge in [-0.2, -0.15) is 0 Å². The van der Waals surface area contributed by atoms with Gasteiger partial charge >= 0.3 is 0 Å². The molecule has 8 nitrogen and oxygen atoms in total. The van der Waals surface area contributed by atoms with Crippen molar-refractivity contribution in [1.82, 2.24) is 19.9 Å². The maximum absolute atomic E-state index is 13.2. The summed E-state index contributed by atoms with van der Waals surface area (Å²) in [6, 6.07) is 7.59. The predicted molar refractivity (Wildman–Crippen MR) is 128 cm³/mol. The Bertz CT molecular complexity index is 1290. The molecule has 0 unspecified atom stereocenters. The Labute approximate surface area is 199 Å². The lowest BCUT2D eigenvalue weighted by molar-refractivity contribution is -0.123. The minimum Gasteiger partial charge on any atom is -0.477 e. The first kappa shape index (κ1) is 23.9. The zero-order chi connectivity index (χ0) is 24.3. The summed E-state index contributed by atoms with van der Waals surface area (Å²) in [5, 5.41) is -0.261. The van der Waals surface area contributed by atoms with Crippen molar-refractivity contribution in [3.63, 3.8) is 0 Å². The molecule has 0 radical (unpaired) electrons. The van der Waals surface area contributed by atoms with Crippen LogP contribution in [0.2, 0.25) is 0 Å². The smallest absolute Gasteiger partial charge is 0.232 e. The molecular weight excluding hydrogens is 452 g/mol. The molecule has 0 saturated heterocycles. The predicted octanol–water partition coefficient (Wildman–Crippen LogP) is 3.50. The second-order valence-electron chi connectivity index (χ2n) is 9.00. The van der Waals surface area contributed by atoms with Crippen LogP contribution in [-0.4, -0.2) is 46.0 Å². The molecule has 0 amide bonds. The Morgan fingerprint density at radius 3 is 2.41 bits per heavy atom. The molecule has 0 bridgehead atoms. The average molecular weight is 481 g/mol. The number of hydrogen-bond donors (Lipinski definition) is 0. The van der Waals surface area contributed by atoms with E-state index in [4.69, 9.17) is 4.74 Å². The van der Waals surface area contributed by atoms with Crippen molar-refractivity contribution < 1.29 is 17.9 Å². The highest BCUT2D eigenvalue weighted by molar-refractivity contribution is 7.91. The molecular formula is C25H28N4O4S. The number of ether oxygens (including phenoxy) is 1. The summed E-state index contributed by atoms with van der Waals surface area (Å²) >= 11 is 0. The zero-order valence-electron chi connectivity index (χ0n) is 19.6. The number of carbonyl (C=O) groups excluding carboxylic acids is 1. The molecule has 178 valence electrons. The number of carbonyl (C=O) groups is 1. The van der Waals surface area contributed by atoms with Crippen LogP contribution < -0.4 is 4.74 Å². The van der Waals surface area contributed by atoms with Crippen molar-refractivity contribution in [2.75, 3.05) is 6.61 Å². The van der Waals surface area contributed by atoms with Gasteiger partial charge in [0.05, 0.1) is 52.5 Å². The maximum Gasteiger partial charge on any atom is 0.232 e. The molecule has 1 saturated carbocycles. The molecule has 34 heavy (non-hydrogen) atoms. The highest BCUT2D eigenvalue weighted by Crippen LogP contribution is 2.31. The molecule has 1 aromatic carbocycles. The highest BCUT2D eigenvalue weighted by Gasteiger charge is 2.36. The van der Waals surface area contributed by atoms with Crippen LogP contribution in [0.5, 0.6) is 5.88 Å². The van der Waals surface area contributed by atoms with Gasteiger partial charge in [0, 0.05) is 24.4 Å². The Kier molecular flexibility index (Phi) is 6.74. The monoisotopic (exact) mass is 480 g/mol. The third kappa shape index (κ3) is 5.47. The summed E-state index contributed by atoms with van der Waals surface area (Å²) in [6.45, 7) is 5.99. The number of rotatable bonds is 10. The molecule has 1 fully saturated rings. The Balaban J connectivity index is 1.46. The van der Waals surface area contributed by atoms with Gasteiger partial charge in [-0.15, -0.1) is 0 Å². The molecule has 0 N–H and O–H groups in total. The van der Waals surface area contributed by atoms with Gasteiger partial charge in [-0.3, -0.25) is 19.7 Å². The van der Waals surface area contributed by atoms with E-state index in [0.717, 1.165) is 11.1 Å². The van der Waals surface area contributed by atoms with E-state index in [2.05, 4.69) is 19.9 Å². The summed E-state index contributed by atoms with van der Waals surface area (Å²) in [4.78, 5) is 30.5. The van der Waals surface area contributed by atoms with E-state index >= 15 is 0 Å². The number of benzene rings is 1. The topological polar surface area (TPSA) is 112 Å². The Morgan fingerprint density at radius 1 is 1.03 bits per heavy atom. The van der Waals surface area contributed by atoms with Crippen LogP contribution in [0, 0.1) is 0 Å². The standard InChI is InChI=1S/C25H28N4O4S/c1-4-33-24-15-27-13-21(29-24)18-7-5-17(6-8-18)11-23(30)25(2,3)22-14-26-12-19(28-22)16-34(31,32)20-9-10-20/h5-8,12-15,20H,4,9-11,16H2,1-3H3. The first-order chi connectivity index (χ1) is 16.2. The van der Waals surface area contributed by atoms with Crippen molar-refractivity contribution >= 4 is 15.6 Å². The van der Waals surface area contributed by atoms with Crippen molar-refractivity contribution in [2.24, 2.45) is 0 Å². The van der Waals surface area contributed by atoms with Gasteiger partial charge < -0.3 is 4.74 Å². The summed E-state index contributed by atoms with van der Waals surface area (Å²) in [5.41, 5.74) is 2.36. The van der Waals surface area contributed by atoms with E-state index in [1.54, 1.807) is 26.2 Å². The van der Waals surface area contributed by atoms with E-state index < -0.39 is 15.3 Å². The zero-order valence-corrected chi connectivity index (χ0v) is 20.4. The third-order valence-electron chi connectivity index (χ3n) is 5.92. The number of nitrogens with zero attached hydrogens (tertiary/aromatic N) is 4. The van der Waals surface area contributed by atoms with Crippen molar-refractivity contribution in [2.45, 2.75) is 56.5 Å². The first-order valence-electron chi connectivity index (χ1n) is 11.3. The van der Waals surface area contributed by atoms with Crippen molar-refractivity contribution in [3.8, 4) is 17.1 Å². The SMILES string of the molecule is CCOc1cncc(-c2ccc(CC(=O)C(C)(C)c3cncc(CS(=O)(=O)C4CC4)n3)cc2)n1. The minimum absolute atomic E-state index is 0.0325. The third-order valence-corrected chi connectivity index (χ3v) is 8.11. The lowest BCUT2D eigenvalue weighted by atomic mass is 9.82. The van der Waals surface area contributed by atoms with E-state index in [1.807, 2.05) is 31.2 Å². The fourth-order valence-corrected chi connectivity index (χ4v) is 5.22. The fourth-order valence-electron chi connectivity index (χ4n) is 3.58. The number of ketones is 1. The molecule has 0 aliphatic heterocycles. The lowest BCUT2D eigenvalue weighted by Crippen LogP contribution is -2.32. The second kappa shape index (κ2) is 9.58. The number of hydrogen-bond acceptors (Lipinski definition) is 8. The lowest BCUT2D eigenvalue weighted by Gasteiger charge is -2.23. The molecule has 2 heterocycles. The normalized spacial score (nSPS) is 14.1. The van der Waals surface area contributed by atoms with Crippen molar-refractivity contribution in [3.05, 3.63) is 66.0 Å². The quantitative estimate of drug-likeness (QED) is 0.433. The van der Waals surface area contributed by atoms with Gasteiger partial charge in [0.15, 0.2) is 9.84 Å². The minimum atomic E-state index is -3.21. The van der Waals surface area contributed by atoms with Gasteiger partial charge in [0.1, 0.15) is 5.78 Å². The molecule has 3 aromatic rings. The van der Waals surface area contributed by atoms with Gasteiger partial charge in [-0.05, 0) is 39.2 Å². The molecule has 0 spiro atoms. The van der Waals surface area contributed by atoms with E-state index in [-0.39, 0.29) is 23.2 Å². The van der Waals surface area contributed by atoms with E-state index in [0.29, 0.717) is 42.4 Å². The number of aromatic nitrogens is 4. The molecule has 0 atom stereocenters. The largest absolute Gasteiger partial charge is 0.477 e. The van der Waals surface area contributed by atoms with Crippen LogP contribution in [0.4, 0.5) is 0 Å². The molecule has 9 heteroatoms. The molecule has 2 aromatic heterocycles. The van der Waals surface area contributed by atoms with Crippen LogP contribution in [0.25, 0.3) is 11.3 Å². The summed E-state index contributed by atoms with van der Waals surface area (Å²) in [7, 11) is -3.21. The Hall–Kier alpha value is -3.20. The number of sulfone groups is 1. The van der Waals surface area contributed by atoms with Gasteiger partial charge in [-0.25, -0.2) is 13.4 Å². The first-order valence-corrected chi connectivity index (χ1v) is 13.0. The summed E-state index contributed by atoms with van der Waals surface area (Å²) < 4.78 is 30.1. The molecule has 1 aliphatic carbocycles. The molecule has 1 aliphatic rings. The van der Waals surface area contributed by atoms with Gasteiger partial charge in [-0.1, -0.05) is 24.3 Å². The average Bonchev–Trinajstić information content (AvgIpc) is 3.66. The van der Waals surface area contributed by atoms with Crippen LogP contribution in [-0.2, 0) is 32.2 Å². The summed E-state index contributed by atoms with van der Waals surface area (Å²) in [6.07, 6.45) is 7.88. The van der Waals surface area contributed by atoms with Gasteiger partial charge in [0.25, 0.3) is 0 Å². The fraction of sp³-hybridized carbons (Fsp3) is 0.400. The van der Waals surface area contributed by atoms with Crippen LogP contribution in [0.15, 0.2) is 49.1 Å². The Morgan fingerprint density at radius 2 is 1.74 bits per heavy atom. The van der Waals surface area contributed by atoms with Crippen molar-refractivity contribution in [1.29, 1.82) is 0 Å². The summed E-state index contributed by atoms with van der Waals surface area (Å²) in [5.74, 6) is 0.293. The van der Waals surface area contributed by atoms with E-state index in [9.17, 15) is 13.2 Å². The van der Waals surface area contributed by atoms with Crippen LogP contribution >= 0.6 is 0 Å². The highest BCUT2D eigenvalue weighted by atomic mass is 32.2. The van der Waals surface area contributed by atoms with Crippen LogP contribution in [0.3, 0.4) is 0 Å². The second-order valence-corrected chi connectivity index (χ2v) is 11.3. The maximum atomic E-state index is 13.2. The van der Waals surface area contributed by atoms with Crippen LogP contribution in [0.1, 0.15) is 50.6 Å². The van der Waals surface area contributed by atoms with E-state index in [1.165, 1.54) is 12.4 Å². The number of Topliss-reactive ketones (excluding diaryl/α,β-unsaturated/α-hetero) is 1. The van der Waals surface area contributed by atoms with Gasteiger partial charge in [0.2, 0.25) is 5.88 Å².